The molecule has 0 radical (unpaired) electrons. The van der Waals surface area contributed by atoms with Gasteiger partial charge in [-0.25, -0.2) is 4.79 Å². The highest BCUT2D eigenvalue weighted by Gasteiger charge is 2.24. The number of aromatic nitrogens is 1. The second kappa shape index (κ2) is 10.7. The van der Waals surface area contributed by atoms with E-state index in [2.05, 4.69) is 54.9 Å². The molecule has 0 unspecified atom stereocenters. The van der Waals surface area contributed by atoms with E-state index >= 15 is 0 Å². The molecule has 0 fully saturated rings. The van der Waals surface area contributed by atoms with Crippen molar-refractivity contribution < 1.29 is 14.3 Å². The van der Waals surface area contributed by atoms with E-state index in [0.717, 1.165) is 12.2 Å². The van der Waals surface area contributed by atoms with E-state index < -0.39 is 5.97 Å². The fourth-order valence-corrected chi connectivity index (χ4v) is 3.15. The average molecular weight is 400 g/mol. The van der Waals surface area contributed by atoms with Crippen molar-refractivity contribution in [2.75, 3.05) is 13.2 Å². The van der Waals surface area contributed by atoms with Gasteiger partial charge in [0.05, 0.1) is 13.2 Å². The molecule has 0 saturated heterocycles. The Labute approximate surface area is 173 Å². The topological polar surface area (TPSA) is 63.6 Å². The van der Waals surface area contributed by atoms with E-state index in [1.807, 2.05) is 25.3 Å². The third kappa shape index (κ3) is 6.66. The zero-order valence-electron chi connectivity index (χ0n) is 18.1. The number of urea groups is 1. The van der Waals surface area contributed by atoms with Gasteiger partial charge in [0.1, 0.15) is 6.54 Å². The largest absolute Gasteiger partial charge is 0.465 e. The van der Waals surface area contributed by atoms with Crippen molar-refractivity contribution in [3.8, 4) is 0 Å². The Morgan fingerprint density at radius 1 is 1.17 bits per heavy atom. The molecule has 0 aliphatic rings. The number of rotatable bonds is 9. The quantitative estimate of drug-likeness (QED) is 0.649. The number of benzene rings is 1. The first kappa shape index (κ1) is 22.5. The zero-order chi connectivity index (χ0) is 21.4. The highest BCUT2D eigenvalue weighted by molar-refractivity contribution is 5.81. The first-order valence-electron chi connectivity index (χ1n) is 10.2. The molecule has 1 N–H and O–H groups in total. The lowest BCUT2D eigenvalue weighted by Crippen LogP contribution is -2.48. The summed E-state index contributed by atoms with van der Waals surface area (Å²) in [5, 5.41) is 2.70. The number of ether oxygens (including phenoxy) is 1. The molecule has 29 heavy (non-hydrogen) atoms. The Morgan fingerprint density at radius 2 is 1.93 bits per heavy atom. The number of esters is 1. The molecule has 1 heterocycles. The van der Waals surface area contributed by atoms with E-state index in [9.17, 15) is 9.59 Å². The van der Waals surface area contributed by atoms with Crippen molar-refractivity contribution in [2.45, 2.75) is 53.8 Å². The first-order valence-corrected chi connectivity index (χ1v) is 10.2. The van der Waals surface area contributed by atoms with E-state index in [4.69, 9.17) is 4.74 Å². The Hall–Kier alpha value is -2.76. The number of hydrogen-bond acceptors (Lipinski definition) is 3. The maximum Gasteiger partial charge on any atom is 0.325 e. The fourth-order valence-electron chi connectivity index (χ4n) is 3.15. The van der Waals surface area contributed by atoms with Crippen LogP contribution in [-0.2, 0) is 22.6 Å². The summed E-state index contributed by atoms with van der Waals surface area (Å²) in [6.45, 7) is 11.4. The normalized spacial score (nSPS) is 11.9. The average Bonchev–Trinajstić information content (AvgIpc) is 3.10. The monoisotopic (exact) mass is 399 g/mol. The lowest BCUT2D eigenvalue weighted by molar-refractivity contribution is -0.141. The smallest absolute Gasteiger partial charge is 0.325 e. The fraction of sp³-hybridized carbons (Fsp3) is 0.478. The van der Waals surface area contributed by atoms with Crippen LogP contribution in [0, 0.1) is 12.8 Å². The van der Waals surface area contributed by atoms with E-state index in [1.165, 1.54) is 11.1 Å². The molecular weight excluding hydrogens is 366 g/mol. The summed E-state index contributed by atoms with van der Waals surface area (Å²) in [5.41, 5.74) is 3.49. The van der Waals surface area contributed by atoms with E-state index in [0.29, 0.717) is 13.2 Å². The van der Waals surface area contributed by atoms with Crippen molar-refractivity contribution in [1.29, 1.82) is 0 Å². The summed E-state index contributed by atoms with van der Waals surface area (Å²) in [6.07, 6.45) is 2.03. The summed E-state index contributed by atoms with van der Waals surface area (Å²) in [7, 11) is 0. The van der Waals surface area contributed by atoms with Crippen LogP contribution in [0.25, 0.3) is 0 Å². The summed E-state index contributed by atoms with van der Waals surface area (Å²) >= 11 is 0. The molecule has 0 aliphatic carbocycles. The van der Waals surface area contributed by atoms with Crippen LogP contribution in [0.5, 0.6) is 0 Å². The van der Waals surface area contributed by atoms with Gasteiger partial charge in [-0.15, -0.1) is 0 Å². The maximum absolute atomic E-state index is 12.8. The highest BCUT2D eigenvalue weighted by atomic mass is 16.5. The SMILES string of the molecule is CCOC(=O)CNC(=O)N(Cc1cccn1Cc1cccc(C)c1)[C@H](C)C(C)C. The van der Waals surface area contributed by atoms with Crippen LogP contribution in [0.4, 0.5) is 4.79 Å². The molecule has 0 saturated carbocycles. The number of nitrogens with one attached hydrogen (secondary N) is 1. The molecule has 6 heteroatoms. The Balaban J connectivity index is 2.14. The zero-order valence-corrected chi connectivity index (χ0v) is 18.1. The van der Waals surface area contributed by atoms with Gasteiger partial charge in [-0.3, -0.25) is 4.79 Å². The minimum Gasteiger partial charge on any atom is -0.465 e. The summed E-state index contributed by atoms with van der Waals surface area (Å²) in [5.74, 6) is -0.149. The van der Waals surface area contributed by atoms with Gasteiger partial charge in [0.25, 0.3) is 0 Å². The van der Waals surface area contributed by atoms with Crippen LogP contribution < -0.4 is 5.32 Å². The molecule has 0 spiro atoms. The van der Waals surface area contributed by atoms with Gasteiger partial charge < -0.3 is 19.5 Å². The number of hydrogen-bond donors (Lipinski definition) is 1. The first-order chi connectivity index (χ1) is 13.8. The van der Waals surface area contributed by atoms with Crippen molar-refractivity contribution in [1.82, 2.24) is 14.8 Å². The van der Waals surface area contributed by atoms with Crippen LogP contribution >= 0.6 is 0 Å². The molecule has 6 nitrogen and oxygen atoms in total. The second-order valence-electron chi connectivity index (χ2n) is 7.69. The lowest BCUT2D eigenvalue weighted by Gasteiger charge is -2.32. The number of aryl methyl sites for hydroxylation is 1. The van der Waals surface area contributed by atoms with E-state index in [-0.39, 0.29) is 24.5 Å². The van der Waals surface area contributed by atoms with Crippen LogP contribution in [0.1, 0.15) is 44.5 Å². The molecule has 1 aromatic heterocycles. The summed E-state index contributed by atoms with van der Waals surface area (Å²) in [6, 6.07) is 12.2. The van der Waals surface area contributed by atoms with E-state index in [1.54, 1.807) is 11.8 Å². The molecule has 2 aromatic rings. The third-order valence-corrected chi connectivity index (χ3v) is 5.10. The van der Waals surface area contributed by atoms with Gasteiger partial charge in [-0.1, -0.05) is 43.7 Å². The minimum absolute atomic E-state index is 0.0134. The molecule has 0 aliphatic heterocycles. The van der Waals surface area contributed by atoms with Crippen molar-refractivity contribution in [3.63, 3.8) is 0 Å². The minimum atomic E-state index is -0.430. The second-order valence-corrected chi connectivity index (χ2v) is 7.69. The van der Waals surface area contributed by atoms with Gasteiger partial charge >= 0.3 is 12.0 Å². The van der Waals surface area contributed by atoms with Gasteiger partial charge in [0, 0.05) is 24.5 Å². The van der Waals surface area contributed by atoms with Crippen LogP contribution in [0.3, 0.4) is 0 Å². The third-order valence-electron chi connectivity index (χ3n) is 5.10. The molecule has 0 bridgehead atoms. The van der Waals surface area contributed by atoms with Gasteiger partial charge in [0.2, 0.25) is 0 Å². The highest BCUT2D eigenvalue weighted by Crippen LogP contribution is 2.17. The lowest BCUT2D eigenvalue weighted by atomic mass is 10.0. The van der Waals surface area contributed by atoms with Gasteiger partial charge in [-0.2, -0.15) is 0 Å². The number of amides is 2. The predicted octanol–water partition coefficient (Wildman–Crippen LogP) is 3.96. The molecule has 1 aromatic carbocycles. The Morgan fingerprint density at radius 3 is 2.59 bits per heavy atom. The Bertz CT molecular complexity index is 813. The Kier molecular flexibility index (Phi) is 8.31. The van der Waals surface area contributed by atoms with Crippen LogP contribution in [-0.4, -0.2) is 40.7 Å². The predicted molar refractivity (Wildman–Crippen MR) is 115 cm³/mol. The molecular formula is C23H33N3O3. The molecule has 2 rings (SSSR count). The van der Waals surface area contributed by atoms with Crippen molar-refractivity contribution in [2.24, 2.45) is 5.92 Å². The van der Waals surface area contributed by atoms with Crippen molar-refractivity contribution in [3.05, 3.63) is 59.4 Å². The van der Waals surface area contributed by atoms with Crippen molar-refractivity contribution >= 4 is 12.0 Å². The van der Waals surface area contributed by atoms with Gasteiger partial charge in [0.15, 0.2) is 0 Å². The molecule has 1 atom stereocenters. The number of carbonyl (C=O) groups excluding carboxylic acids is 2. The summed E-state index contributed by atoms with van der Waals surface area (Å²) in [4.78, 5) is 26.2. The number of carbonyl (C=O) groups is 2. The van der Waals surface area contributed by atoms with Gasteiger partial charge in [-0.05, 0) is 44.4 Å². The summed E-state index contributed by atoms with van der Waals surface area (Å²) < 4.78 is 7.06. The number of nitrogens with zero attached hydrogens (tertiary/aromatic N) is 2. The molecule has 2 amide bonds. The maximum atomic E-state index is 12.8. The standard InChI is InChI=1S/C23H33N3O3/c1-6-29-22(27)14-24-23(28)26(19(5)17(2)3)16-21-11-8-12-25(21)15-20-10-7-9-18(4)13-20/h7-13,17,19H,6,14-16H2,1-5H3,(H,24,28)/t19-/m1/s1. The molecule has 158 valence electrons. The van der Waals surface area contributed by atoms with Crippen LogP contribution in [0.2, 0.25) is 0 Å². The van der Waals surface area contributed by atoms with Crippen LogP contribution in [0.15, 0.2) is 42.6 Å².